The lowest BCUT2D eigenvalue weighted by atomic mass is 9.96. The molecule has 1 saturated heterocycles. The topological polar surface area (TPSA) is 58.6 Å². The Kier molecular flexibility index (Phi) is 7.60. The molecule has 0 radical (unpaired) electrons. The van der Waals surface area contributed by atoms with Crippen molar-refractivity contribution in [1.82, 2.24) is 5.32 Å². The molecule has 172 valence electrons. The summed E-state index contributed by atoms with van der Waals surface area (Å²) in [6.45, 7) is 11.6. The molecule has 2 aromatic carbocycles. The van der Waals surface area contributed by atoms with E-state index in [0.717, 1.165) is 30.6 Å². The van der Waals surface area contributed by atoms with Crippen LogP contribution >= 0.6 is 0 Å². The monoisotopic (exact) mass is 436 g/mol. The highest BCUT2D eigenvalue weighted by atomic mass is 16.5. The first-order chi connectivity index (χ1) is 15.2. The van der Waals surface area contributed by atoms with Crippen LogP contribution in [0.4, 0.5) is 5.69 Å². The standard InChI is InChI=1S/C27H36N2O3/c1-19(2)22-13-11-21(12-14-22)17-28-26(31)23-8-7-15-29(18-23)24-9-6-10-25(16-24)32-27(4,5)20(3)30/h6,9-14,16,19,23H,7-8,15,17-18H2,1-5H3,(H,28,31). The molecule has 1 unspecified atom stereocenters. The molecule has 1 aliphatic heterocycles. The van der Waals surface area contributed by atoms with Gasteiger partial charge < -0.3 is 15.0 Å². The van der Waals surface area contributed by atoms with E-state index in [4.69, 9.17) is 4.74 Å². The van der Waals surface area contributed by atoms with Gasteiger partial charge in [0.15, 0.2) is 11.4 Å². The highest BCUT2D eigenvalue weighted by Crippen LogP contribution is 2.28. The van der Waals surface area contributed by atoms with Crippen LogP contribution in [-0.4, -0.2) is 30.4 Å². The van der Waals surface area contributed by atoms with Crippen LogP contribution in [0.25, 0.3) is 0 Å². The summed E-state index contributed by atoms with van der Waals surface area (Å²) in [5, 5.41) is 3.12. The van der Waals surface area contributed by atoms with Gasteiger partial charge in [-0.25, -0.2) is 0 Å². The number of carbonyl (C=O) groups is 2. The minimum atomic E-state index is -0.865. The summed E-state index contributed by atoms with van der Waals surface area (Å²) < 4.78 is 5.92. The predicted octanol–water partition coefficient (Wildman–Crippen LogP) is 5.09. The van der Waals surface area contributed by atoms with Gasteiger partial charge in [-0.2, -0.15) is 0 Å². The molecule has 32 heavy (non-hydrogen) atoms. The van der Waals surface area contributed by atoms with E-state index in [0.29, 0.717) is 24.8 Å². The van der Waals surface area contributed by atoms with E-state index < -0.39 is 5.60 Å². The molecule has 1 aliphatic rings. The largest absolute Gasteiger partial charge is 0.480 e. The summed E-state index contributed by atoms with van der Waals surface area (Å²) in [7, 11) is 0. The minimum absolute atomic E-state index is 0.0172. The molecular weight excluding hydrogens is 400 g/mol. The van der Waals surface area contributed by atoms with E-state index in [2.05, 4.69) is 48.3 Å². The Balaban J connectivity index is 1.59. The van der Waals surface area contributed by atoms with Crippen molar-refractivity contribution in [3.05, 3.63) is 59.7 Å². The van der Waals surface area contributed by atoms with Gasteiger partial charge in [0.05, 0.1) is 5.92 Å². The lowest BCUT2D eigenvalue weighted by molar-refractivity contribution is -0.129. The van der Waals surface area contributed by atoms with Gasteiger partial charge >= 0.3 is 0 Å². The number of piperidine rings is 1. The predicted molar refractivity (Wildman–Crippen MR) is 129 cm³/mol. The van der Waals surface area contributed by atoms with Gasteiger partial charge in [-0.1, -0.05) is 44.2 Å². The van der Waals surface area contributed by atoms with Gasteiger partial charge in [-0.3, -0.25) is 9.59 Å². The highest BCUT2D eigenvalue weighted by molar-refractivity contribution is 5.84. The van der Waals surface area contributed by atoms with E-state index >= 15 is 0 Å². The van der Waals surface area contributed by atoms with Gasteiger partial charge in [0.1, 0.15) is 5.75 Å². The van der Waals surface area contributed by atoms with Gasteiger partial charge in [0.25, 0.3) is 0 Å². The molecule has 0 saturated carbocycles. The van der Waals surface area contributed by atoms with Crippen LogP contribution < -0.4 is 15.0 Å². The molecule has 1 fully saturated rings. The lowest BCUT2D eigenvalue weighted by Gasteiger charge is -2.34. The Morgan fingerprint density at radius 1 is 1.16 bits per heavy atom. The Morgan fingerprint density at radius 2 is 1.88 bits per heavy atom. The van der Waals surface area contributed by atoms with Crippen molar-refractivity contribution in [3.8, 4) is 5.75 Å². The zero-order valence-corrected chi connectivity index (χ0v) is 20.0. The number of Topliss-reactive ketones (excluding diaryl/α,β-unsaturated/α-hetero) is 1. The van der Waals surface area contributed by atoms with Crippen molar-refractivity contribution in [2.45, 2.75) is 65.5 Å². The highest BCUT2D eigenvalue weighted by Gasteiger charge is 2.28. The fourth-order valence-corrected chi connectivity index (χ4v) is 3.89. The normalized spacial score (nSPS) is 16.7. The fraction of sp³-hybridized carbons (Fsp3) is 0.481. The van der Waals surface area contributed by atoms with Gasteiger partial charge in [0, 0.05) is 31.4 Å². The smallest absolute Gasteiger partial charge is 0.225 e. The summed E-state index contributed by atoms with van der Waals surface area (Å²) in [6, 6.07) is 16.3. The molecule has 2 aromatic rings. The molecule has 0 aliphatic carbocycles. The quantitative estimate of drug-likeness (QED) is 0.626. The molecule has 0 aromatic heterocycles. The second-order valence-electron chi connectivity index (χ2n) is 9.57. The maximum absolute atomic E-state index is 12.9. The van der Waals surface area contributed by atoms with E-state index in [9.17, 15) is 9.59 Å². The molecule has 5 nitrogen and oxygen atoms in total. The molecule has 1 heterocycles. The lowest BCUT2D eigenvalue weighted by Crippen LogP contribution is -2.43. The number of nitrogens with one attached hydrogen (secondary N) is 1. The van der Waals surface area contributed by atoms with E-state index in [-0.39, 0.29) is 17.6 Å². The number of nitrogens with zero attached hydrogens (tertiary/aromatic N) is 1. The third-order valence-corrected chi connectivity index (χ3v) is 6.31. The second-order valence-corrected chi connectivity index (χ2v) is 9.57. The Hall–Kier alpha value is -2.82. The number of rotatable bonds is 8. The molecule has 1 N–H and O–H groups in total. The van der Waals surface area contributed by atoms with Crippen molar-refractivity contribution in [2.75, 3.05) is 18.0 Å². The first-order valence-corrected chi connectivity index (χ1v) is 11.6. The number of ketones is 1. The van der Waals surface area contributed by atoms with Gasteiger partial charge in [-0.15, -0.1) is 0 Å². The summed E-state index contributed by atoms with van der Waals surface area (Å²) >= 11 is 0. The van der Waals surface area contributed by atoms with Crippen LogP contribution in [0.15, 0.2) is 48.5 Å². The molecule has 5 heteroatoms. The van der Waals surface area contributed by atoms with Crippen LogP contribution in [0.2, 0.25) is 0 Å². The van der Waals surface area contributed by atoms with Crippen LogP contribution in [-0.2, 0) is 16.1 Å². The molecule has 0 spiro atoms. The summed E-state index contributed by atoms with van der Waals surface area (Å²) in [4.78, 5) is 26.9. The number of carbonyl (C=O) groups excluding carboxylic acids is 2. The first kappa shape index (κ1) is 23.8. The molecular formula is C27H36N2O3. The maximum atomic E-state index is 12.9. The van der Waals surface area contributed by atoms with Crippen LogP contribution in [0.3, 0.4) is 0 Å². The van der Waals surface area contributed by atoms with E-state index in [1.807, 2.05) is 24.3 Å². The summed E-state index contributed by atoms with van der Waals surface area (Å²) in [5.74, 6) is 1.21. The zero-order chi connectivity index (χ0) is 23.3. The second kappa shape index (κ2) is 10.2. The van der Waals surface area contributed by atoms with Crippen LogP contribution in [0.1, 0.15) is 64.5 Å². The van der Waals surface area contributed by atoms with Crippen LogP contribution in [0, 0.1) is 5.92 Å². The maximum Gasteiger partial charge on any atom is 0.225 e. The first-order valence-electron chi connectivity index (χ1n) is 11.6. The molecule has 1 amide bonds. The summed E-state index contributed by atoms with van der Waals surface area (Å²) in [6.07, 6.45) is 1.85. The average Bonchev–Trinajstić information content (AvgIpc) is 2.77. The average molecular weight is 437 g/mol. The summed E-state index contributed by atoms with van der Waals surface area (Å²) in [5.41, 5.74) is 2.58. The van der Waals surface area contributed by atoms with Crippen molar-refractivity contribution in [3.63, 3.8) is 0 Å². The van der Waals surface area contributed by atoms with Crippen molar-refractivity contribution in [2.24, 2.45) is 5.92 Å². The number of anilines is 1. The fourth-order valence-electron chi connectivity index (χ4n) is 3.89. The third kappa shape index (κ3) is 6.12. The van der Waals surface area contributed by atoms with E-state index in [1.54, 1.807) is 13.8 Å². The molecule has 1 atom stereocenters. The molecule has 0 bridgehead atoms. The van der Waals surface area contributed by atoms with Crippen molar-refractivity contribution in [1.29, 1.82) is 0 Å². The van der Waals surface area contributed by atoms with Crippen molar-refractivity contribution < 1.29 is 14.3 Å². The van der Waals surface area contributed by atoms with Crippen LogP contribution in [0.5, 0.6) is 5.75 Å². The number of hydrogen-bond acceptors (Lipinski definition) is 4. The SMILES string of the molecule is CC(=O)C(C)(C)Oc1cccc(N2CCCC(C(=O)NCc3ccc(C(C)C)cc3)C2)c1. The Morgan fingerprint density at radius 3 is 2.53 bits per heavy atom. The number of amides is 1. The van der Waals surface area contributed by atoms with Crippen molar-refractivity contribution >= 4 is 17.4 Å². The van der Waals surface area contributed by atoms with Gasteiger partial charge in [-0.05, 0) is 62.8 Å². The number of hydrogen-bond donors (Lipinski definition) is 1. The van der Waals surface area contributed by atoms with E-state index in [1.165, 1.54) is 12.5 Å². The third-order valence-electron chi connectivity index (χ3n) is 6.31. The minimum Gasteiger partial charge on any atom is -0.480 e. The number of ether oxygens (including phenoxy) is 1. The molecule has 3 rings (SSSR count). The van der Waals surface area contributed by atoms with Gasteiger partial charge in [0.2, 0.25) is 5.91 Å². The Bertz CT molecular complexity index is 934. The Labute approximate surface area is 192 Å². The number of benzene rings is 2. The zero-order valence-electron chi connectivity index (χ0n) is 20.0.